The Kier molecular flexibility index (Phi) is 4.31. The van der Waals surface area contributed by atoms with Gasteiger partial charge in [-0.3, -0.25) is 4.79 Å². The summed E-state index contributed by atoms with van der Waals surface area (Å²) in [4.78, 5) is 12.9. The van der Waals surface area contributed by atoms with Gasteiger partial charge in [0, 0.05) is 14.1 Å². The Morgan fingerprint density at radius 3 is 2.38 bits per heavy atom. The molecule has 1 aromatic carbocycles. The van der Waals surface area contributed by atoms with E-state index in [0.29, 0.717) is 0 Å². The maximum atomic E-state index is 11.4. The van der Waals surface area contributed by atoms with E-state index >= 15 is 0 Å². The van der Waals surface area contributed by atoms with Crippen molar-refractivity contribution < 1.29 is 14.6 Å². The number of hydrogen-bond acceptors (Lipinski definition) is 3. The molecule has 4 nitrogen and oxygen atoms in total. The van der Waals surface area contributed by atoms with E-state index < -0.39 is 6.10 Å². The van der Waals surface area contributed by atoms with Crippen molar-refractivity contribution in [1.82, 2.24) is 4.90 Å². The van der Waals surface area contributed by atoms with E-state index in [1.807, 2.05) is 0 Å². The summed E-state index contributed by atoms with van der Waals surface area (Å²) in [7, 11) is 4.92. The number of carbonyl (C=O) groups excluding carboxylic acids is 1. The molecule has 1 N–H and O–H groups in total. The molecule has 0 aliphatic rings. The molecule has 0 fully saturated rings. The number of aliphatic hydroxyl groups excluding tert-OH is 1. The van der Waals surface area contributed by atoms with Crippen LogP contribution in [0.5, 0.6) is 5.75 Å². The number of rotatable bonds is 4. The van der Waals surface area contributed by atoms with Crippen molar-refractivity contribution in [3.05, 3.63) is 29.8 Å². The van der Waals surface area contributed by atoms with Crippen molar-refractivity contribution in [3.63, 3.8) is 0 Å². The topological polar surface area (TPSA) is 49.8 Å². The molecule has 1 atom stereocenters. The number of benzene rings is 1. The molecule has 0 aromatic heterocycles. The quantitative estimate of drug-likeness (QED) is 0.834. The molecule has 1 rings (SSSR count). The van der Waals surface area contributed by atoms with Crippen LogP contribution >= 0.6 is 0 Å². The molecule has 4 heteroatoms. The lowest BCUT2D eigenvalue weighted by atomic mass is 10.1. The first-order valence-electron chi connectivity index (χ1n) is 5.06. The molecule has 1 amide bonds. The summed E-state index contributed by atoms with van der Waals surface area (Å²) in [5.41, 5.74) is 0.719. The Morgan fingerprint density at radius 2 is 1.94 bits per heavy atom. The van der Waals surface area contributed by atoms with Crippen LogP contribution in [-0.2, 0) is 4.79 Å². The number of carbonyl (C=O) groups is 1. The summed E-state index contributed by atoms with van der Waals surface area (Å²) in [5.74, 6) is 0.637. The summed E-state index contributed by atoms with van der Waals surface area (Å²) >= 11 is 0. The van der Waals surface area contributed by atoms with Crippen molar-refractivity contribution >= 4 is 5.91 Å². The monoisotopic (exact) mass is 223 g/mol. The molecule has 0 aliphatic carbocycles. The largest absolute Gasteiger partial charge is 0.497 e. The highest BCUT2D eigenvalue weighted by atomic mass is 16.5. The van der Waals surface area contributed by atoms with Gasteiger partial charge in [0.1, 0.15) is 5.75 Å². The van der Waals surface area contributed by atoms with Gasteiger partial charge in [0.2, 0.25) is 5.91 Å². The van der Waals surface area contributed by atoms with Crippen molar-refractivity contribution in [2.75, 3.05) is 21.2 Å². The summed E-state index contributed by atoms with van der Waals surface area (Å²) in [6, 6.07) is 7.04. The lowest BCUT2D eigenvalue weighted by Gasteiger charge is -2.14. The lowest BCUT2D eigenvalue weighted by Crippen LogP contribution is -2.23. The van der Waals surface area contributed by atoms with Gasteiger partial charge in [-0.05, 0) is 17.7 Å². The number of hydrogen-bond donors (Lipinski definition) is 1. The van der Waals surface area contributed by atoms with E-state index in [4.69, 9.17) is 4.74 Å². The summed E-state index contributed by atoms with van der Waals surface area (Å²) < 4.78 is 5.01. The zero-order chi connectivity index (χ0) is 12.1. The number of amides is 1. The van der Waals surface area contributed by atoms with Crippen LogP contribution in [0, 0.1) is 0 Å². The smallest absolute Gasteiger partial charge is 0.225 e. The van der Waals surface area contributed by atoms with E-state index in [0.717, 1.165) is 11.3 Å². The Bertz CT molecular complexity index is 346. The molecule has 0 radical (unpaired) electrons. The molecule has 88 valence electrons. The third-order valence-electron chi connectivity index (χ3n) is 2.37. The molecule has 0 bridgehead atoms. The van der Waals surface area contributed by atoms with E-state index in [9.17, 15) is 9.90 Å². The Morgan fingerprint density at radius 1 is 1.38 bits per heavy atom. The van der Waals surface area contributed by atoms with Crippen LogP contribution in [0.1, 0.15) is 18.1 Å². The normalized spacial score (nSPS) is 12.0. The molecule has 0 unspecified atom stereocenters. The van der Waals surface area contributed by atoms with E-state index in [1.54, 1.807) is 45.5 Å². The molecule has 0 saturated heterocycles. The van der Waals surface area contributed by atoms with E-state index in [1.165, 1.54) is 4.90 Å². The zero-order valence-corrected chi connectivity index (χ0v) is 9.80. The minimum absolute atomic E-state index is 0.0941. The number of nitrogens with zero attached hydrogens (tertiary/aromatic N) is 1. The Labute approximate surface area is 95.5 Å². The third kappa shape index (κ3) is 3.24. The minimum Gasteiger partial charge on any atom is -0.497 e. The van der Waals surface area contributed by atoms with E-state index in [-0.39, 0.29) is 12.3 Å². The molecular formula is C12H17NO3. The van der Waals surface area contributed by atoms with Gasteiger partial charge in [-0.1, -0.05) is 12.1 Å². The highest BCUT2D eigenvalue weighted by Gasteiger charge is 2.14. The second-order valence-electron chi connectivity index (χ2n) is 3.78. The highest BCUT2D eigenvalue weighted by molar-refractivity contribution is 5.76. The van der Waals surface area contributed by atoms with Crippen LogP contribution in [0.2, 0.25) is 0 Å². The lowest BCUT2D eigenvalue weighted by molar-refractivity contribution is -0.130. The predicted octanol–water partition coefficient (Wildman–Crippen LogP) is 1.21. The van der Waals surface area contributed by atoms with Gasteiger partial charge in [-0.2, -0.15) is 0 Å². The van der Waals surface area contributed by atoms with Gasteiger partial charge in [0.15, 0.2) is 0 Å². The number of aliphatic hydroxyl groups is 1. The average molecular weight is 223 g/mol. The first-order valence-corrected chi connectivity index (χ1v) is 5.06. The number of methoxy groups -OCH3 is 1. The van der Waals surface area contributed by atoms with Gasteiger partial charge in [0.25, 0.3) is 0 Å². The molecule has 0 heterocycles. The standard InChI is InChI=1S/C12H17NO3/c1-13(2)12(15)8-11(14)9-4-6-10(16-3)7-5-9/h4-7,11,14H,8H2,1-3H3/t11-/m1/s1. The first kappa shape index (κ1) is 12.5. The maximum absolute atomic E-state index is 11.4. The second-order valence-corrected chi connectivity index (χ2v) is 3.78. The molecule has 0 aliphatic heterocycles. The Balaban J connectivity index is 2.65. The van der Waals surface area contributed by atoms with E-state index in [2.05, 4.69) is 0 Å². The molecule has 0 spiro atoms. The zero-order valence-electron chi connectivity index (χ0n) is 9.80. The Hall–Kier alpha value is -1.55. The van der Waals surface area contributed by atoms with Crippen molar-refractivity contribution in [2.45, 2.75) is 12.5 Å². The fourth-order valence-electron chi connectivity index (χ4n) is 1.29. The molecule has 16 heavy (non-hydrogen) atoms. The van der Waals surface area contributed by atoms with Crippen LogP contribution in [0.4, 0.5) is 0 Å². The summed E-state index contributed by atoms with van der Waals surface area (Å²) in [6.45, 7) is 0. The minimum atomic E-state index is -0.763. The van der Waals surface area contributed by atoms with Gasteiger partial charge < -0.3 is 14.7 Å². The SMILES string of the molecule is COc1ccc([C@H](O)CC(=O)N(C)C)cc1. The summed E-state index contributed by atoms with van der Waals surface area (Å²) in [6.07, 6.45) is -0.667. The highest BCUT2D eigenvalue weighted by Crippen LogP contribution is 2.20. The predicted molar refractivity (Wildman–Crippen MR) is 61.3 cm³/mol. The van der Waals surface area contributed by atoms with Crippen molar-refractivity contribution in [2.24, 2.45) is 0 Å². The van der Waals surface area contributed by atoms with Gasteiger partial charge in [-0.15, -0.1) is 0 Å². The fraction of sp³-hybridized carbons (Fsp3) is 0.417. The fourth-order valence-corrected chi connectivity index (χ4v) is 1.29. The average Bonchev–Trinajstić information content (AvgIpc) is 2.28. The molecule has 0 saturated carbocycles. The van der Waals surface area contributed by atoms with Crippen LogP contribution in [0.3, 0.4) is 0 Å². The van der Waals surface area contributed by atoms with Crippen LogP contribution in [-0.4, -0.2) is 37.1 Å². The first-order chi connectivity index (χ1) is 7.54. The van der Waals surface area contributed by atoms with Crippen LogP contribution in [0.25, 0.3) is 0 Å². The maximum Gasteiger partial charge on any atom is 0.225 e. The van der Waals surface area contributed by atoms with Crippen molar-refractivity contribution in [3.8, 4) is 5.75 Å². The van der Waals surface area contributed by atoms with Gasteiger partial charge in [0.05, 0.1) is 19.6 Å². The van der Waals surface area contributed by atoms with Gasteiger partial charge >= 0.3 is 0 Å². The molecule has 1 aromatic rings. The second kappa shape index (κ2) is 5.51. The van der Waals surface area contributed by atoms with Crippen molar-refractivity contribution in [1.29, 1.82) is 0 Å². The van der Waals surface area contributed by atoms with Gasteiger partial charge in [-0.25, -0.2) is 0 Å². The van der Waals surface area contributed by atoms with Crippen LogP contribution < -0.4 is 4.74 Å². The number of ether oxygens (including phenoxy) is 1. The summed E-state index contributed by atoms with van der Waals surface area (Å²) in [5, 5.41) is 9.82. The third-order valence-corrected chi connectivity index (χ3v) is 2.37. The molecular weight excluding hydrogens is 206 g/mol. The van der Waals surface area contributed by atoms with Crippen LogP contribution in [0.15, 0.2) is 24.3 Å².